The van der Waals surface area contributed by atoms with Gasteiger partial charge < -0.3 is 15.2 Å². The van der Waals surface area contributed by atoms with Crippen molar-refractivity contribution in [3.8, 4) is 28.3 Å². The number of carbonyl (C=O) groups is 3. The maximum absolute atomic E-state index is 13.8. The van der Waals surface area contributed by atoms with E-state index in [4.69, 9.17) is 4.74 Å². The summed E-state index contributed by atoms with van der Waals surface area (Å²) in [6.07, 6.45) is 13.1. The van der Waals surface area contributed by atoms with Gasteiger partial charge in [0.2, 0.25) is 5.91 Å². The van der Waals surface area contributed by atoms with E-state index >= 15 is 0 Å². The van der Waals surface area contributed by atoms with Gasteiger partial charge in [0.05, 0.1) is 12.8 Å². The largest absolute Gasteiger partial charge is 0.494 e. The van der Waals surface area contributed by atoms with E-state index in [9.17, 15) is 19.5 Å². The molecule has 5 aromatic rings. The van der Waals surface area contributed by atoms with Gasteiger partial charge in [-0.1, -0.05) is 114 Å². The predicted octanol–water partition coefficient (Wildman–Crippen LogP) is 8.43. The SMILES string of the molecule is CCCCCCCOc1ccc(-c2cnc(-c3ccc(C[C@H](CC(=O)c4ccc(C(C)(C)C)cc4)C(=O)N[C@@H](Cc4cnn(C)c4)C(=O)O)cc3)nc2)cc1. The molecule has 0 aliphatic heterocycles. The Labute approximate surface area is 324 Å². The quantitative estimate of drug-likeness (QED) is 0.0636. The molecular formula is C45H53N5O5. The fraction of sp³-hybridized carbons (Fsp3) is 0.378. The van der Waals surface area contributed by atoms with E-state index in [0.29, 0.717) is 17.0 Å². The molecule has 1 amide bonds. The van der Waals surface area contributed by atoms with Crippen LogP contribution in [0, 0.1) is 5.92 Å². The molecule has 2 aromatic heterocycles. The van der Waals surface area contributed by atoms with Gasteiger partial charge in [0.15, 0.2) is 11.6 Å². The molecule has 2 atom stereocenters. The topological polar surface area (TPSA) is 136 Å². The third-order valence-corrected chi connectivity index (χ3v) is 9.74. The minimum atomic E-state index is -1.18. The molecule has 288 valence electrons. The molecule has 2 N–H and O–H groups in total. The van der Waals surface area contributed by atoms with Gasteiger partial charge >= 0.3 is 5.97 Å². The Hall–Kier alpha value is -5.64. The standard InChI is InChI=1S/C45H53N5O5/c1-6-7-8-9-10-23-55-39-21-17-33(18-22-39)37-28-46-42(47-29-37)35-13-11-31(12-14-35)24-36(26-41(51)34-15-19-38(20-16-34)45(2,3)4)43(52)49-40(44(53)54)25-32-27-48-50(5)30-32/h11-22,27-30,36,40H,6-10,23-26H2,1-5H3,(H,49,52)(H,53,54)/t36-,40+/m1/s1. The summed E-state index contributed by atoms with van der Waals surface area (Å²) >= 11 is 0. The third-order valence-electron chi connectivity index (χ3n) is 9.74. The second-order valence-electron chi connectivity index (χ2n) is 15.3. The van der Waals surface area contributed by atoms with E-state index in [-0.39, 0.29) is 30.5 Å². The minimum absolute atomic E-state index is 0.0658. The zero-order valence-electron chi connectivity index (χ0n) is 32.6. The summed E-state index contributed by atoms with van der Waals surface area (Å²) in [7, 11) is 1.74. The monoisotopic (exact) mass is 743 g/mol. The number of ketones is 1. The van der Waals surface area contributed by atoms with Gasteiger partial charge in [-0.15, -0.1) is 0 Å². The van der Waals surface area contributed by atoms with Gasteiger partial charge in [-0.3, -0.25) is 14.3 Å². The lowest BCUT2D eigenvalue weighted by molar-refractivity contribution is -0.142. The molecule has 0 aliphatic rings. The molecule has 0 aliphatic carbocycles. The maximum Gasteiger partial charge on any atom is 0.326 e. The van der Waals surface area contributed by atoms with Crippen molar-refractivity contribution in [2.75, 3.05) is 6.61 Å². The number of nitrogens with one attached hydrogen (secondary N) is 1. The molecule has 2 heterocycles. The van der Waals surface area contributed by atoms with Crippen molar-refractivity contribution in [1.29, 1.82) is 0 Å². The number of benzene rings is 3. The number of rotatable bonds is 19. The first-order valence-electron chi connectivity index (χ1n) is 19.2. The smallest absolute Gasteiger partial charge is 0.326 e. The molecule has 5 rings (SSSR count). The van der Waals surface area contributed by atoms with Crippen LogP contribution in [0.4, 0.5) is 0 Å². The first kappa shape index (κ1) is 40.5. The molecule has 0 bridgehead atoms. The Morgan fingerprint density at radius 1 is 0.782 bits per heavy atom. The molecule has 0 unspecified atom stereocenters. The minimum Gasteiger partial charge on any atom is -0.494 e. The van der Waals surface area contributed by atoms with E-state index in [2.05, 4.69) is 48.1 Å². The number of amides is 1. The number of Topliss-reactive ketones (excluding diaryl/α,β-unsaturated/α-hetero) is 1. The first-order valence-corrected chi connectivity index (χ1v) is 19.2. The number of hydrogen-bond donors (Lipinski definition) is 2. The fourth-order valence-electron chi connectivity index (χ4n) is 6.40. The zero-order valence-corrected chi connectivity index (χ0v) is 32.6. The van der Waals surface area contributed by atoms with Crippen LogP contribution in [-0.2, 0) is 34.9 Å². The predicted molar refractivity (Wildman–Crippen MR) is 215 cm³/mol. The van der Waals surface area contributed by atoms with Gasteiger partial charge in [0, 0.05) is 61.1 Å². The Kier molecular flexibility index (Phi) is 14.1. The lowest BCUT2D eigenvalue weighted by Gasteiger charge is -2.21. The summed E-state index contributed by atoms with van der Waals surface area (Å²) in [5, 5.41) is 16.8. The molecular weight excluding hydrogens is 691 g/mol. The van der Waals surface area contributed by atoms with Gasteiger partial charge in [0.25, 0.3) is 0 Å². The summed E-state index contributed by atoms with van der Waals surface area (Å²) in [6, 6.07) is 21.8. The van der Waals surface area contributed by atoms with Crippen LogP contribution < -0.4 is 10.1 Å². The van der Waals surface area contributed by atoms with E-state index in [1.165, 1.54) is 25.7 Å². The number of carboxylic acid groups (broad SMARTS) is 1. The highest BCUT2D eigenvalue weighted by atomic mass is 16.5. The maximum atomic E-state index is 13.8. The number of carboxylic acids is 1. The van der Waals surface area contributed by atoms with Crippen LogP contribution in [0.3, 0.4) is 0 Å². The number of aliphatic carboxylic acids is 1. The molecule has 55 heavy (non-hydrogen) atoms. The fourth-order valence-corrected chi connectivity index (χ4v) is 6.40. The highest BCUT2D eigenvalue weighted by Crippen LogP contribution is 2.26. The van der Waals surface area contributed by atoms with Gasteiger partial charge in [0.1, 0.15) is 11.8 Å². The number of aryl methyl sites for hydroxylation is 1. The van der Waals surface area contributed by atoms with Crippen LogP contribution in [0.5, 0.6) is 5.75 Å². The van der Waals surface area contributed by atoms with Crippen LogP contribution in [0.25, 0.3) is 22.5 Å². The highest BCUT2D eigenvalue weighted by Gasteiger charge is 2.28. The Bertz CT molecular complexity index is 2000. The van der Waals surface area contributed by atoms with Crippen molar-refractivity contribution >= 4 is 17.7 Å². The Morgan fingerprint density at radius 3 is 2.04 bits per heavy atom. The van der Waals surface area contributed by atoms with Crippen LogP contribution in [0.1, 0.15) is 93.3 Å². The molecule has 0 saturated carbocycles. The summed E-state index contributed by atoms with van der Waals surface area (Å²) in [5.41, 5.74) is 5.71. The van der Waals surface area contributed by atoms with Crippen molar-refractivity contribution in [1.82, 2.24) is 25.1 Å². The second-order valence-corrected chi connectivity index (χ2v) is 15.3. The highest BCUT2D eigenvalue weighted by molar-refractivity contribution is 5.99. The van der Waals surface area contributed by atoms with Gasteiger partial charge in [-0.25, -0.2) is 14.8 Å². The van der Waals surface area contributed by atoms with Gasteiger partial charge in [-0.05, 0) is 52.6 Å². The normalized spacial score (nSPS) is 12.5. The van der Waals surface area contributed by atoms with E-state index in [0.717, 1.165) is 46.6 Å². The summed E-state index contributed by atoms with van der Waals surface area (Å²) in [5.74, 6) is -1.26. The Balaban J connectivity index is 1.26. The lowest BCUT2D eigenvalue weighted by Crippen LogP contribution is -2.45. The van der Waals surface area contributed by atoms with E-state index in [1.54, 1.807) is 48.6 Å². The third kappa shape index (κ3) is 11.9. The number of ether oxygens (including phenoxy) is 1. The number of carbonyl (C=O) groups excluding carboxylic acids is 2. The van der Waals surface area contributed by atoms with Crippen molar-refractivity contribution in [3.63, 3.8) is 0 Å². The molecule has 3 aromatic carbocycles. The van der Waals surface area contributed by atoms with E-state index < -0.39 is 23.8 Å². The van der Waals surface area contributed by atoms with Crippen molar-refractivity contribution in [3.05, 3.63) is 120 Å². The zero-order chi connectivity index (χ0) is 39.4. The van der Waals surface area contributed by atoms with Crippen LogP contribution in [0.15, 0.2) is 97.6 Å². The number of nitrogens with zero attached hydrogens (tertiary/aromatic N) is 4. The van der Waals surface area contributed by atoms with Crippen LogP contribution in [0.2, 0.25) is 0 Å². The first-order chi connectivity index (χ1) is 26.4. The average Bonchev–Trinajstić information content (AvgIpc) is 3.60. The summed E-state index contributed by atoms with van der Waals surface area (Å²) in [6.45, 7) is 9.25. The summed E-state index contributed by atoms with van der Waals surface area (Å²) < 4.78 is 7.49. The van der Waals surface area contributed by atoms with Crippen molar-refractivity contribution in [2.45, 2.75) is 90.5 Å². The molecule has 0 fully saturated rings. The second kappa shape index (κ2) is 19.1. The van der Waals surface area contributed by atoms with Crippen LogP contribution in [-0.4, -0.2) is 55.2 Å². The average molecular weight is 744 g/mol. The summed E-state index contributed by atoms with van der Waals surface area (Å²) in [4.78, 5) is 48.8. The Morgan fingerprint density at radius 2 is 1.44 bits per heavy atom. The molecule has 0 saturated heterocycles. The molecule has 10 heteroatoms. The van der Waals surface area contributed by atoms with Gasteiger partial charge in [-0.2, -0.15) is 5.10 Å². The molecule has 0 radical (unpaired) electrons. The number of unbranched alkanes of at least 4 members (excludes halogenated alkanes) is 4. The lowest BCUT2D eigenvalue weighted by atomic mass is 9.85. The van der Waals surface area contributed by atoms with Crippen molar-refractivity contribution in [2.24, 2.45) is 13.0 Å². The number of hydrogen-bond acceptors (Lipinski definition) is 7. The molecule has 0 spiro atoms. The van der Waals surface area contributed by atoms with E-state index in [1.807, 2.05) is 60.7 Å². The number of aromatic nitrogens is 4. The van der Waals surface area contributed by atoms with Crippen molar-refractivity contribution < 1.29 is 24.2 Å². The molecule has 10 nitrogen and oxygen atoms in total. The van der Waals surface area contributed by atoms with Crippen LogP contribution >= 0.6 is 0 Å².